The van der Waals surface area contributed by atoms with Gasteiger partial charge in [0.2, 0.25) is 0 Å². The van der Waals surface area contributed by atoms with Crippen LogP contribution in [0.15, 0.2) is 11.0 Å². The normalized spacial score (nSPS) is 17.2. The molecule has 134 valence electrons. The van der Waals surface area contributed by atoms with Crippen molar-refractivity contribution < 1.29 is 4.79 Å². The number of amides is 1. The Morgan fingerprint density at radius 1 is 1.40 bits per heavy atom. The molecule has 0 radical (unpaired) electrons. The molecule has 3 rings (SSSR count). The van der Waals surface area contributed by atoms with Crippen molar-refractivity contribution in [2.75, 3.05) is 0 Å². The summed E-state index contributed by atoms with van der Waals surface area (Å²) in [5.41, 5.74) is 2.04. The third-order valence-electron chi connectivity index (χ3n) is 4.72. The molecule has 2 aromatic heterocycles. The van der Waals surface area contributed by atoms with E-state index < -0.39 is 5.56 Å². The summed E-state index contributed by atoms with van der Waals surface area (Å²) in [5, 5.41) is 7.28. The lowest BCUT2D eigenvalue weighted by molar-refractivity contribution is 0.0929. The summed E-state index contributed by atoms with van der Waals surface area (Å²) in [6, 6.07) is -0.119. The first-order chi connectivity index (χ1) is 11.7. The van der Waals surface area contributed by atoms with Gasteiger partial charge in [0.15, 0.2) is 0 Å². The van der Waals surface area contributed by atoms with E-state index in [1.807, 2.05) is 32.5 Å². The Morgan fingerprint density at radius 3 is 2.76 bits per heavy atom. The van der Waals surface area contributed by atoms with Crippen molar-refractivity contribution in [3.8, 4) is 0 Å². The Balaban J connectivity index is 1.89. The summed E-state index contributed by atoms with van der Waals surface area (Å²) in [4.78, 5) is 32.4. The predicted molar refractivity (Wildman–Crippen MR) is 94.6 cm³/mol. The monoisotopic (exact) mass is 343 g/mol. The lowest BCUT2D eigenvalue weighted by Gasteiger charge is -2.24. The van der Waals surface area contributed by atoms with Crippen LogP contribution in [0, 0.1) is 6.92 Å². The van der Waals surface area contributed by atoms with Gasteiger partial charge in [-0.1, -0.05) is 20.8 Å². The van der Waals surface area contributed by atoms with Crippen molar-refractivity contribution in [3.63, 3.8) is 0 Å². The van der Waals surface area contributed by atoms with Gasteiger partial charge in [-0.25, -0.2) is 4.98 Å². The zero-order valence-electron chi connectivity index (χ0n) is 15.4. The highest BCUT2D eigenvalue weighted by molar-refractivity contribution is 5.95. The standard InChI is InChI=1S/C18H25N5O2/c1-10-14(16(25)22-17(20-10)18(2,3)4)15(24)21-12-7-6-8-13-11(12)9-19-23(13)5/h9,12H,6-8H2,1-5H3,(H,21,24)(H,20,22,25)/t12-/m0/s1. The second-order valence-electron chi connectivity index (χ2n) is 7.71. The van der Waals surface area contributed by atoms with E-state index in [-0.39, 0.29) is 22.9 Å². The van der Waals surface area contributed by atoms with Gasteiger partial charge in [0, 0.05) is 23.7 Å². The van der Waals surface area contributed by atoms with Crippen LogP contribution in [-0.4, -0.2) is 25.7 Å². The molecule has 0 saturated heterocycles. The molecule has 2 N–H and O–H groups in total. The van der Waals surface area contributed by atoms with E-state index >= 15 is 0 Å². The molecular weight excluding hydrogens is 318 g/mol. The van der Waals surface area contributed by atoms with E-state index in [0.29, 0.717) is 11.5 Å². The van der Waals surface area contributed by atoms with Crippen LogP contribution < -0.4 is 10.9 Å². The van der Waals surface area contributed by atoms with Gasteiger partial charge in [-0.15, -0.1) is 0 Å². The maximum Gasteiger partial charge on any atom is 0.264 e. The number of rotatable bonds is 2. The number of H-pyrrole nitrogens is 1. The molecule has 0 bridgehead atoms. The van der Waals surface area contributed by atoms with Gasteiger partial charge in [-0.05, 0) is 26.2 Å². The van der Waals surface area contributed by atoms with Crippen molar-refractivity contribution in [1.82, 2.24) is 25.1 Å². The van der Waals surface area contributed by atoms with Gasteiger partial charge >= 0.3 is 0 Å². The minimum Gasteiger partial charge on any atom is -0.345 e. The molecular formula is C18H25N5O2. The third kappa shape index (κ3) is 3.23. The average Bonchev–Trinajstić information content (AvgIpc) is 2.88. The van der Waals surface area contributed by atoms with Crippen LogP contribution in [0.5, 0.6) is 0 Å². The fourth-order valence-corrected chi connectivity index (χ4v) is 3.30. The Hall–Kier alpha value is -2.44. The highest BCUT2D eigenvalue weighted by atomic mass is 16.2. The molecule has 1 aliphatic carbocycles. The molecule has 1 atom stereocenters. The number of carbonyl (C=O) groups is 1. The van der Waals surface area contributed by atoms with Crippen LogP contribution in [0.2, 0.25) is 0 Å². The Labute approximate surface area is 146 Å². The largest absolute Gasteiger partial charge is 0.345 e. The number of carbonyl (C=O) groups excluding carboxylic acids is 1. The van der Waals surface area contributed by atoms with Crippen LogP contribution in [0.3, 0.4) is 0 Å². The summed E-state index contributed by atoms with van der Waals surface area (Å²) < 4.78 is 1.85. The molecule has 7 nitrogen and oxygen atoms in total. The summed E-state index contributed by atoms with van der Waals surface area (Å²) in [5.74, 6) is 0.201. The highest BCUT2D eigenvalue weighted by Gasteiger charge is 2.27. The zero-order chi connectivity index (χ0) is 18.4. The number of aromatic nitrogens is 4. The summed E-state index contributed by atoms with van der Waals surface area (Å²) in [7, 11) is 1.91. The Bertz CT molecular complexity index is 873. The number of aryl methyl sites for hydroxylation is 2. The molecule has 0 aromatic carbocycles. The third-order valence-corrected chi connectivity index (χ3v) is 4.72. The Morgan fingerprint density at radius 2 is 2.12 bits per heavy atom. The number of aromatic amines is 1. The molecule has 7 heteroatoms. The second kappa shape index (κ2) is 6.13. The average molecular weight is 343 g/mol. The molecule has 0 unspecified atom stereocenters. The van der Waals surface area contributed by atoms with Crippen molar-refractivity contribution in [2.45, 2.75) is 58.4 Å². The van der Waals surface area contributed by atoms with Gasteiger partial charge in [-0.2, -0.15) is 5.10 Å². The van der Waals surface area contributed by atoms with Crippen molar-refractivity contribution >= 4 is 5.91 Å². The number of nitrogens with zero attached hydrogens (tertiary/aromatic N) is 3. The fraction of sp³-hybridized carbons (Fsp3) is 0.556. The Kier molecular flexibility index (Phi) is 4.26. The van der Waals surface area contributed by atoms with Crippen molar-refractivity contribution in [2.24, 2.45) is 7.05 Å². The molecule has 1 aliphatic rings. The topological polar surface area (TPSA) is 92.7 Å². The lowest BCUT2D eigenvalue weighted by atomic mass is 9.92. The first-order valence-electron chi connectivity index (χ1n) is 8.61. The molecule has 2 aromatic rings. The van der Waals surface area contributed by atoms with Crippen LogP contribution in [0.1, 0.15) is 72.8 Å². The van der Waals surface area contributed by atoms with Gasteiger partial charge in [0.05, 0.1) is 17.9 Å². The molecule has 0 fully saturated rings. The number of hydrogen-bond donors (Lipinski definition) is 2. The summed E-state index contributed by atoms with van der Waals surface area (Å²) in [6.45, 7) is 7.61. The van der Waals surface area contributed by atoms with E-state index in [1.165, 1.54) is 0 Å². The SMILES string of the molecule is Cc1nc(C(C)(C)C)[nH]c(=O)c1C(=O)N[C@H]1CCCc2c1cnn2C. The number of nitrogens with one attached hydrogen (secondary N) is 2. The first kappa shape index (κ1) is 17.4. The van der Waals surface area contributed by atoms with E-state index in [1.54, 1.807) is 13.1 Å². The van der Waals surface area contributed by atoms with Gasteiger partial charge in [0.25, 0.3) is 11.5 Å². The summed E-state index contributed by atoms with van der Waals surface area (Å²) in [6.07, 6.45) is 4.58. The van der Waals surface area contributed by atoms with E-state index in [0.717, 1.165) is 30.5 Å². The minimum absolute atomic E-state index is 0.0870. The molecule has 0 aliphatic heterocycles. The molecule has 1 amide bonds. The molecule has 0 saturated carbocycles. The summed E-state index contributed by atoms with van der Waals surface area (Å²) >= 11 is 0. The molecule has 2 heterocycles. The maximum atomic E-state index is 12.7. The molecule has 25 heavy (non-hydrogen) atoms. The van der Waals surface area contributed by atoms with E-state index in [9.17, 15) is 9.59 Å². The van der Waals surface area contributed by atoms with Gasteiger partial charge in [0.1, 0.15) is 11.4 Å². The van der Waals surface area contributed by atoms with Gasteiger partial charge in [-0.3, -0.25) is 14.3 Å². The second-order valence-corrected chi connectivity index (χ2v) is 7.71. The van der Waals surface area contributed by atoms with Crippen LogP contribution in [0.4, 0.5) is 0 Å². The fourth-order valence-electron chi connectivity index (χ4n) is 3.30. The van der Waals surface area contributed by atoms with E-state index in [4.69, 9.17) is 0 Å². The van der Waals surface area contributed by atoms with Gasteiger partial charge < -0.3 is 10.3 Å². The lowest BCUT2D eigenvalue weighted by Crippen LogP contribution is -2.36. The zero-order valence-corrected chi connectivity index (χ0v) is 15.4. The maximum absolute atomic E-state index is 12.7. The van der Waals surface area contributed by atoms with Crippen LogP contribution in [-0.2, 0) is 18.9 Å². The van der Waals surface area contributed by atoms with Crippen molar-refractivity contribution in [1.29, 1.82) is 0 Å². The first-order valence-corrected chi connectivity index (χ1v) is 8.61. The molecule has 0 spiro atoms. The number of fused-ring (bicyclic) bond motifs is 1. The highest BCUT2D eigenvalue weighted by Crippen LogP contribution is 2.29. The smallest absolute Gasteiger partial charge is 0.264 e. The predicted octanol–water partition coefficient (Wildman–Crippen LogP) is 1.92. The van der Waals surface area contributed by atoms with Crippen LogP contribution >= 0.6 is 0 Å². The van der Waals surface area contributed by atoms with Crippen LogP contribution in [0.25, 0.3) is 0 Å². The van der Waals surface area contributed by atoms with Crippen molar-refractivity contribution in [3.05, 3.63) is 44.9 Å². The quantitative estimate of drug-likeness (QED) is 0.871. The minimum atomic E-state index is -0.392. The number of hydrogen-bond acceptors (Lipinski definition) is 4. The van der Waals surface area contributed by atoms with E-state index in [2.05, 4.69) is 20.4 Å².